The molecule has 0 aliphatic carbocycles. The summed E-state index contributed by atoms with van der Waals surface area (Å²) in [6.07, 6.45) is 5.88. The molecule has 1 atom stereocenters. The number of carbonyl (C=O) groups excluding carboxylic acids is 2. The van der Waals surface area contributed by atoms with Crippen LogP contribution >= 0.6 is 0 Å². The number of carbonyl (C=O) groups is 2. The summed E-state index contributed by atoms with van der Waals surface area (Å²) < 4.78 is 0. The number of nitrogens with zero attached hydrogens (tertiary/aromatic N) is 6. The summed E-state index contributed by atoms with van der Waals surface area (Å²) in [5.74, 6) is -0.132. The quantitative estimate of drug-likeness (QED) is 0.593. The third-order valence-electron chi connectivity index (χ3n) is 7.44. The zero-order valence-corrected chi connectivity index (χ0v) is 19.4. The maximum absolute atomic E-state index is 13.2. The standard InChI is InChI=1S/C25H27N7O2/c1-4-22(33)30-9-10-32-21(14-30)25(34)29(3)20-12-26-19-13-31(8-7-16(19)24(20)32)23-15(2)5-6-18-17(23)11-27-28-18/h4-6,11-12,21H,1,7-10,13-14H2,2-3H3,(H,27,28)/t21-/m1/s1. The highest BCUT2D eigenvalue weighted by Gasteiger charge is 2.43. The van der Waals surface area contributed by atoms with Crippen molar-refractivity contribution in [2.45, 2.75) is 25.9 Å². The molecule has 0 saturated carbocycles. The molecule has 0 bridgehead atoms. The summed E-state index contributed by atoms with van der Waals surface area (Å²) in [6, 6.07) is 3.81. The number of likely N-dealkylation sites (N-methyl/N-ethyl adjacent to an activating group) is 1. The molecule has 174 valence electrons. The van der Waals surface area contributed by atoms with Gasteiger partial charge in [0.25, 0.3) is 5.91 Å². The summed E-state index contributed by atoms with van der Waals surface area (Å²) in [4.78, 5) is 38.2. The number of piperazine rings is 1. The lowest BCUT2D eigenvalue weighted by atomic mass is 9.95. The molecule has 3 aromatic rings. The Morgan fingerprint density at radius 1 is 1.21 bits per heavy atom. The van der Waals surface area contributed by atoms with Crippen molar-refractivity contribution in [3.05, 3.63) is 54.0 Å². The molecule has 34 heavy (non-hydrogen) atoms. The number of rotatable bonds is 2. The number of nitrogens with one attached hydrogen (secondary N) is 1. The van der Waals surface area contributed by atoms with Crippen LogP contribution in [0.3, 0.4) is 0 Å². The Balaban J connectivity index is 1.38. The van der Waals surface area contributed by atoms with Crippen LogP contribution in [0.25, 0.3) is 10.9 Å². The monoisotopic (exact) mass is 457 g/mol. The van der Waals surface area contributed by atoms with Gasteiger partial charge in [0.05, 0.1) is 53.8 Å². The van der Waals surface area contributed by atoms with E-state index in [0.717, 1.165) is 40.9 Å². The molecule has 2 aromatic heterocycles. The van der Waals surface area contributed by atoms with Crippen LogP contribution in [0, 0.1) is 6.92 Å². The van der Waals surface area contributed by atoms with Crippen molar-refractivity contribution in [2.75, 3.05) is 47.9 Å². The van der Waals surface area contributed by atoms with Crippen molar-refractivity contribution in [1.82, 2.24) is 20.1 Å². The second kappa shape index (κ2) is 7.58. The molecule has 5 heterocycles. The maximum Gasteiger partial charge on any atom is 0.251 e. The fraction of sp³-hybridized carbons (Fsp3) is 0.360. The van der Waals surface area contributed by atoms with E-state index in [2.05, 4.69) is 45.6 Å². The van der Waals surface area contributed by atoms with Crippen LogP contribution < -0.4 is 14.7 Å². The van der Waals surface area contributed by atoms with E-state index in [4.69, 9.17) is 4.98 Å². The van der Waals surface area contributed by atoms with E-state index in [1.54, 1.807) is 16.8 Å². The van der Waals surface area contributed by atoms with Gasteiger partial charge in [-0.3, -0.25) is 19.7 Å². The SMILES string of the molecule is C=CC(=O)N1CCN2c3c(cnc4c3CCN(c3c(C)ccc5[nH]ncc35)C4)N(C)C(=O)[C@H]2C1. The summed E-state index contributed by atoms with van der Waals surface area (Å²) in [6.45, 7) is 8.85. The molecule has 0 spiro atoms. The average Bonchev–Trinajstić information content (AvgIpc) is 3.34. The van der Waals surface area contributed by atoms with Crippen molar-refractivity contribution in [3.63, 3.8) is 0 Å². The average molecular weight is 458 g/mol. The molecule has 1 fully saturated rings. The Hall–Kier alpha value is -3.88. The smallest absolute Gasteiger partial charge is 0.251 e. The van der Waals surface area contributed by atoms with Crippen molar-refractivity contribution in [2.24, 2.45) is 0 Å². The minimum atomic E-state index is -0.387. The normalized spacial score (nSPS) is 19.7. The van der Waals surface area contributed by atoms with Crippen LogP contribution in [-0.2, 0) is 22.6 Å². The van der Waals surface area contributed by atoms with Crippen LogP contribution in [-0.4, -0.2) is 71.2 Å². The third-order valence-corrected chi connectivity index (χ3v) is 7.44. The number of anilines is 3. The Morgan fingerprint density at radius 3 is 2.88 bits per heavy atom. The molecule has 1 saturated heterocycles. The lowest BCUT2D eigenvalue weighted by Gasteiger charge is -2.48. The predicted molar refractivity (Wildman–Crippen MR) is 131 cm³/mol. The first-order chi connectivity index (χ1) is 16.5. The Bertz CT molecular complexity index is 1350. The summed E-state index contributed by atoms with van der Waals surface area (Å²) in [5.41, 5.74) is 7.63. The number of aryl methyl sites for hydroxylation is 1. The molecular formula is C25H27N7O2. The zero-order valence-electron chi connectivity index (χ0n) is 19.4. The molecule has 3 aliphatic heterocycles. The van der Waals surface area contributed by atoms with Crippen molar-refractivity contribution >= 4 is 39.8 Å². The number of fused-ring (bicyclic) bond motifs is 6. The summed E-state index contributed by atoms with van der Waals surface area (Å²) in [5, 5.41) is 8.43. The van der Waals surface area contributed by atoms with Crippen molar-refractivity contribution < 1.29 is 9.59 Å². The van der Waals surface area contributed by atoms with Gasteiger partial charge in [0.2, 0.25) is 5.91 Å². The van der Waals surface area contributed by atoms with Gasteiger partial charge < -0.3 is 19.6 Å². The Kier molecular flexibility index (Phi) is 4.62. The number of H-pyrrole nitrogens is 1. The van der Waals surface area contributed by atoms with Gasteiger partial charge in [0.15, 0.2) is 0 Å². The molecule has 1 aromatic carbocycles. The fourth-order valence-electron chi connectivity index (χ4n) is 5.70. The predicted octanol–water partition coefficient (Wildman–Crippen LogP) is 2.01. The summed E-state index contributed by atoms with van der Waals surface area (Å²) in [7, 11) is 1.80. The van der Waals surface area contributed by atoms with Gasteiger partial charge in [-0.05, 0) is 31.1 Å². The number of aromatic nitrogens is 3. The molecule has 3 aliphatic rings. The number of amides is 2. The second-order valence-electron chi connectivity index (χ2n) is 9.25. The van der Waals surface area contributed by atoms with Gasteiger partial charge in [0.1, 0.15) is 6.04 Å². The number of aromatic amines is 1. The highest BCUT2D eigenvalue weighted by molar-refractivity contribution is 6.06. The van der Waals surface area contributed by atoms with Crippen LogP contribution in [0.2, 0.25) is 0 Å². The zero-order chi connectivity index (χ0) is 23.6. The van der Waals surface area contributed by atoms with E-state index in [0.29, 0.717) is 26.2 Å². The lowest BCUT2D eigenvalue weighted by Crippen LogP contribution is -2.63. The van der Waals surface area contributed by atoms with Gasteiger partial charge in [-0.15, -0.1) is 0 Å². The number of benzene rings is 1. The molecule has 0 unspecified atom stereocenters. The number of hydrogen-bond acceptors (Lipinski definition) is 6. The van der Waals surface area contributed by atoms with E-state index < -0.39 is 0 Å². The van der Waals surface area contributed by atoms with E-state index in [9.17, 15) is 9.59 Å². The van der Waals surface area contributed by atoms with Gasteiger partial charge in [-0.2, -0.15) is 5.10 Å². The first-order valence-corrected chi connectivity index (χ1v) is 11.6. The van der Waals surface area contributed by atoms with Crippen molar-refractivity contribution in [3.8, 4) is 0 Å². The molecule has 0 radical (unpaired) electrons. The molecule has 2 amide bonds. The minimum absolute atomic E-state index is 0.00416. The van der Waals surface area contributed by atoms with Gasteiger partial charge in [-0.25, -0.2) is 0 Å². The van der Waals surface area contributed by atoms with Crippen LogP contribution in [0.1, 0.15) is 16.8 Å². The molecular weight excluding hydrogens is 430 g/mol. The fourth-order valence-corrected chi connectivity index (χ4v) is 5.70. The molecule has 9 nitrogen and oxygen atoms in total. The van der Waals surface area contributed by atoms with E-state index in [1.165, 1.54) is 22.9 Å². The van der Waals surface area contributed by atoms with Crippen molar-refractivity contribution in [1.29, 1.82) is 0 Å². The Labute approximate surface area is 197 Å². The number of pyridine rings is 1. The maximum atomic E-state index is 13.2. The molecule has 6 rings (SSSR count). The number of hydrogen-bond donors (Lipinski definition) is 1. The van der Waals surface area contributed by atoms with Gasteiger partial charge in [-0.1, -0.05) is 12.6 Å². The van der Waals surface area contributed by atoms with Crippen LogP contribution in [0.5, 0.6) is 0 Å². The first-order valence-electron chi connectivity index (χ1n) is 11.6. The summed E-state index contributed by atoms with van der Waals surface area (Å²) >= 11 is 0. The topological polar surface area (TPSA) is 88.7 Å². The van der Waals surface area contributed by atoms with E-state index in [-0.39, 0.29) is 17.9 Å². The lowest BCUT2D eigenvalue weighted by molar-refractivity contribution is -0.128. The van der Waals surface area contributed by atoms with E-state index in [1.807, 2.05) is 12.4 Å². The highest BCUT2D eigenvalue weighted by Crippen LogP contribution is 2.43. The van der Waals surface area contributed by atoms with Gasteiger partial charge in [0, 0.05) is 37.6 Å². The third kappa shape index (κ3) is 2.92. The second-order valence-corrected chi connectivity index (χ2v) is 9.25. The molecule has 1 N–H and O–H groups in total. The Morgan fingerprint density at radius 2 is 2.06 bits per heavy atom. The van der Waals surface area contributed by atoms with Crippen LogP contribution in [0.15, 0.2) is 37.2 Å². The van der Waals surface area contributed by atoms with Gasteiger partial charge >= 0.3 is 0 Å². The van der Waals surface area contributed by atoms with E-state index >= 15 is 0 Å². The van der Waals surface area contributed by atoms with Crippen LogP contribution in [0.4, 0.5) is 17.1 Å². The minimum Gasteiger partial charge on any atom is -0.364 e. The molecule has 9 heteroatoms. The largest absolute Gasteiger partial charge is 0.364 e. The first kappa shape index (κ1) is 20.7. The highest BCUT2D eigenvalue weighted by atomic mass is 16.2.